The molecule has 0 aliphatic carbocycles. The van der Waals surface area contributed by atoms with E-state index in [9.17, 15) is 15.3 Å². The van der Waals surface area contributed by atoms with Gasteiger partial charge in [0.25, 0.3) is 0 Å². The average molecular weight is 275 g/mol. The van der Waals surface area contributed by atoms with Crippen LogP contribution in [0.25, 0.3) is 0 Å². The van der Waals surface area contributed by atoms with E-state index in [1.165, 1.54) is 0 Å². The van der Waals surface area contributed by atoms with Gasteiger partial charge in [0, 0.05) is 23.8 Å². The standard InChI is InChI=1S/C14H17N3O3/c18-11-8-17-10(5-4-9-3-1-2-6-15-9)7-16-14(17)13(20)12(11)19/h1-3,6-7,11-13,18-20H,4-5,8H2/t11-,12-,13+/m0/s1. The first-order valence-electron chi connectivity index (χ1n) is 6.65. The highest BCUT2D eigenvalue weighted by atomic mass is 16.4. The molecule has 6 nitrogen and oxygen atoms in total. The van der Waals surface area contributed by atoms with Gasteiger partial charge < -0.3 is 19.9 Å². The third kappa shape index (κ3) is 2.33. The second-order valence-electron chi connectivity index (χ2n) is 5.04. The number of hydrogen-bond donors (Lipinski definition) is 3. The van der Waals surface area contributed by atoms with Crippen LogP contribution in [0.3, 0.4) is 0 Å². The molecule has 0 spiro atoms. The molecule has 0 radical (unpaired) electrons. The first-order valence-corrected chi connectivity index (χ1v) is 6.65. The van der Waals surface area contributed by atoms with Gasteiger partial charge in [-0.1, -0.05) is 6.07 Å². The Morgan fingerprint density at radius 2 is 2.00 bits per heavy atom. The number of aliphatic hydroxyl groups is 3. The molecule has 1 aliphatic heterocycles. The number of aryl methyl sites for hydroxylation is 2. The number of fused-ring (bicyclic) bond motifs is 1. The number of pyridine rings is 1. The normalized spacial score (nSPS) is 25.4. The Morgan fingerprint density at radius 1 is 1.15 bits per heavy atom. The third-order valence-corrected chi connectivity index (χ3v) is 3.68. The van der Waals surface area contributed by atoms with Gasteiger partial charge in [0.05, 0.1) is 6.54 Å². The summed E-state index contributed by atoms with van der Waals surface area (Å²) in [5.74, 6) is 0.416. The maximum atomic E-state index is 9.89. The van der Waals surface area contributed by atoms with Gasteiger partial charge in [0.15, 0.2) is 0 Å². The fourth-order valence-electron chi connectivity index (χ4n) is 2.53. The molecule has 0 saturated carbocycles. The minimum atomic E-state index is -1.17. The summed E-state index contributed by atoms with van der Waals surface area (Å²) in [6, 6.07) is 5.78. The predicted octanol–water partition coefficient (Wildman–Crippen LogP) is -0.168. The van der Waals surface area contributed by atoms with Crippen molar-refractivity contribution in [2.45, 2.75) is 37.7 Å². The fraction of sp³-hybridized carbons (Fsp3) is 0.429. The van der Waals surface area contributed by atoms with Crippen molar-refractivity contribution in [2.75, 3.05) is 0 Å². The van der Waals surface area contributed by atoms with Gasteiger partial charge in [-0.3, -0.25) is 4.98 Å². The molecule has 1 aliphatic rings. The Hall–Kier alpha value is -1.76. The van der Waals surface area contributed by atoms with Crippen molar-refractivity contribution in [1.82, 2.24) is 14.5 Å². The van der Waals surface area contributed by atoms with Crippen LogP contribution < -0.4 is 0 Å². The zero-order valence-corrected chi connectivity index (χ0v) is 10.9. The quantitative estimate of drug-likeness (QED) is 0.723. The summed E-state index contributed by atoms with van der Waals surface area (Å²) in [6.07, 6.45) is 1.65. The van der Waals surface area contributed by atoms with Crippen LogP contribution in [0.2, 0.25) is 0 Å². The molecule has 6 heteroatoms. The van der Waals surface area contributed by atoms with Crippen molar-refractivity contribution < 1.29 is 15.3 Å². The molecule has 2 aromatic heterocycles. The van der Waals surface area contributed by atoms with Crippen molar-refractivity contribution in [3.05, 3.63) is 47.8 Å². The molecule has 0 bridgehead atoms. The number of nitrogens with zero attached hydrogens (tertiary/aromatic N) is 3. The predicted molar refractivity (Wildman–Crippen MR) is 70.8 cm³/mol. The van der Waals surface area contributed by atoms with Crippen molar-refractivity contribution in [1.29, 1.82) is 0 Å². The molecule has 3 N–H and O–H groups in total. The molecular weight excluding hydrogens is 258 g/mol. The summed E-state index contributed by atoms with van der Waals surface area (Å²) in [5.41, 5.74) is 1.91. The molecule has 0 amide bonds. The first-order chi connectivity index (χ1) is 9.66. The van der Waals surface area contributed by atoms with Gasteiger partial charge >= 0.3 is 0 Å². The lowest BCUT2D eigenvalue weighted by Crippen LogP contribution is -2.42. The molecule has 2 aromatic rings. The molecule has 3 rings (SSSR count). The maximum absolute atomic E-state index is 9.89. The molecule has 3 atom stereocenters. The van der Waals surface area contributed by atoms with E-state index in [0.29, 0.717) is 5.82 Å². The minimum absolute atomic E-state index is 0.255. The highest BCUT2D eigenvalue weighted by Gasteiger charge is 2.35. The van der Waals surface area contributed by atoms with Crippen molar-refractivity contribution in [3.8, 4) is 0 Å². The van der Waals surface area contributed by atoms with E-state index in [1.54, 1.807) is 17.0 Å². The van der Waals surface area contributed by atoms with Crippen LogP contribution in [0.15, 0.2) is 30.6 Å². The Labute approximate surface area is 116 Å². The molecular formula is C14H17N3O3. The summed E-state index contributed by atoms with van der Waals surface area (Å²) in [4.78, 5) is 8.42. The van der Waals surface area contributed by atoms with Crippen LogP contribution in [0.5, 0.6) is 0 Å². The molecule has 0 aromatic carbocycles. The largest absolute Gasteiger partial charge is 0.388 e. The summed E-state index contributed by atoms with van der Waals surface area (Å²) in [5, 5.41) is 29.3. The monoisotopic (exact) mass is 275 g/mol. The second kappa shape index (κ2) is 5.32. The van der Waals surface area contributed by atoms with Crippen LogP contribution in [0.4, 0.5) is 0 Å². The molecule has 0 fully saturated rings. The second-order valence-corrected chi connectivity index (χ2v) is 5.04. The van der Waals surface area contributed by atoms with Gasteiger partial charge in [-0.05, 0) is 25.0 Å². The van der Waals surface area contributed by atoms with Crippen molar-refractivity contribution >= 4 is 0 Å². The highest BCUT2D eigenvalue weighted by Crippen LogP contribution is 2.26. The van der Waals surface area contributed by atoms with Crippen LogP contribution in [-0.2, 0) is 19.4 Å². The number of imidazole rings is 1. The Kier molecular flexibility index (Phi) is 3.52. The molecule has 3 heterocycles. The Morgan fingerprint density at radius 3 is 2.75 bits per heavy atom. The van der Waals surface area contributed by atoms with E-state index < -0.39 is 18.3 Å². The van der Waals surface area contributed by atoms with Crippen LogP contribution in [0.1, 0.15) is 23.3 Å². The molecule has 0 saturated heterocycles. The highest BCUT2D eigenvalue weighted by molar-refractivity contribution is 5.14. The minimum Gasteiger partial charge on any atom is -0.388 e. The van der Waals surface area contributed by atoms with Gasteiger partial charge in [-0.25, -0.2) is 4.98 Å². The smallest absolute Gasteiger partial charge is 0.140 e. The lowest BCUT2D eigenvalue weighted by Gasteiger charge is -2.30. The third-order valence-electron chi connectivity index (χ3n) is 3.68. The van der Waals surface area contributed by atoms with Gasteiger partial charge in [-0.2, -0.15) is 0 Å². The van der Waals surface area contributed by atoms with E-state index in [2.05, 4.69) is 9.97 Å². The van der Waals surface area contributed by atoms with Crippen LogP contribution in [0, 0.1) is 0 Å². The van der Waals surface area contributed by atoms with Gasteiger partial charge in [0.2, 0.25) is 0 Å². The number of aromatic nitrogens is 3. The zero-order valence-electron chi connectivity index (χ0n) is 10.9. The van der Waals surface area contributed by atoms with E-state index in [4.69, 9.17) is 0 Å². The van der Waals surface area contributed by atoms with Gasteiger partial charge in [0.1, 0.15) is 24.1 Å². The number of aliphatic hydroxyl groups excluding tert-OH is 3. The lowest BCUT2D eigenvalue weighted by molar-refractivity contribution is -0.0858. The van der Waals surface area contributed by atoms with E-state index in [1.807, 2.05) is 18.2 Å². The number of hydrogen-bond acceptors (Lipinski definition) is 5. The first kappa shape index (κ1) is 13.2. The summed E-state index contributed by atoms with van der Waals surface area (Å²) >= 11 is 0. The molecule has 0 unspecified atom stereocenters. The van der Waals surface area contributed by atoms with Crippen LogP contribution in [-0.4, -0.2) is 42.1 Å². The van der Waals surface area contributed by atoms with E-state index in [0.717, 1.165) is 24.2 Å². The zero-order chi connectivity index (χ0) is 14.1. The molecule has 20 heavy (non-hydrogen) atoms. The van der Waals surface area contributed by atoms with Crippen LogP contribution >= 0.6 is 0 Å². The Balaban J connectivity index is 1.78. The Bertz CT molecular complexity index is 585. The summed E-state index contributed by atoms with van der Waals surface area (Å²) in [6.45, 7) is 0.255. The van der Waals surface area contributed by atoms with Crippen molar-refractivity contribution in [2.24, 2.45) is 0 Å². The summed E-state index contributed by atoms with van der Waals surface area (Å²) < 4.78 is 1.78. The molecule has 106 valence electrons. The number of rotatable bonds is 3. The maximum Gasteiger partial charge on any atom is 0.140 e. The fourth-order valence-corrected chi connectivity index (χ4v) is 2.53. The SMILES string of the molecule is O[C@H]1[C@@H](O)Cn2c(CCc3ccccn3)cnc2[C@@H]1O. The van der Waals surface area contributed by atoms with Crippen molar-refractivity contribution in [3.63, 3.8) is 0 Å². The van der Waals surface area contributed by atoms with E-state index in [-0.39, 0.29) is 6.54 Å². The van der Waals surface area contributed by atoms with Gasteiger partial charge in [-0.15, -0.1) is 0 Å². The summed E-state index contributed by atoms with van der Waals surface area (Å²) in [7, 11) is 0. The average Bonchev–Trinajstić information content (AvgIpc) is 2.87. The lowest BCUT2D eigenvalue weighted by atomic mass is 10.0. The topological polar surface area (TPSA) is 91.4 Å². The van der Waals surface area contributed by atoms with E-state index >= 15 is 0 Å².